The van der Waals surface area contributed by atoms with Crippen LogP contribution in [0.2, 0.25) is 0 Å². The summed E-state index contributed by atoms with van der Waals surface area (Å²) in [5, 5.41) is 8.50. The molecule has 1 N–H and O–H groups in total. The van der Waals surface area contributed by atoms with Crippen LogP contribution in [0.3, 0.4) is 0 Å². The molecular formula is C6H8O3. The minimum atomic E-state index is -0.317. The highest BCUT2D eigenvalue weighted by atomic mass is 16.5. The molecule has 0 bridgehead atoms. The lowest BCUT2D eigenvalue weighted by atomic mass is 10.1. The van der Waals surface area contributed by atoms with Crippen molar-refractivity contribution in [2.75, 3.05) is 6.61 Å². The second-order valence-electron chi connectivity index (χ2n) is 1.91. The Morgan fingerprint density at radius 2 is 2.67 bits per heavy atom. The fourth-order valence-electron chi connectivity index (χ4n) is 0.674. The third-order valence-corrected chi connectivity index (χ3v) is 1.16. The summed E-state index contributed by atoms with van der Waals surface area (Å²) in [6.45, 7) is -0.0872. The monoisotopic (exact) mass is 128 g/mol. The Labute approximate surface area is 52.9 Å². The lowest BCUT2D eigenvalue weighted by molar-refractivity contribution is -0.118. The maximum absolute atomic E-state index is 10.6. The number of hydrogen-bond acceptors (Lipinski definition) is 3. The van der Waals surface area contributed by atoms with Gasteiger partial charge in [-0.2, -0.15) is 0 Å². The van der Waals surface area contributed by atoms with Gasteiger partial charge in [0.15, 0.2) is 5.78 Å². The van der Waals surface area contributed by atoms with Gasteiger partial charge >= 0.3 is 0 Å². The van der Waals surface area contributed by atoms with Crippen molar-refractivity contribution in [1.29, 1.82) is 0 Å². The quantitative estimate of drug-likeness (QED) is 0.534. The Bertz CT molecular complexity index is 139. The van der Waals surface area contributed by atoms with Gasteiger partial charge in [-0.05, 0) is 0 Å². The summed E-state index contributed by atoms with van der Waals surface area (Å²) in [6.07, 6.45) is 2.67. The highest BCUT2D eigenvalue weighted by Gasteiger charge is 2.14. The molecule has 0 saturated heterocycles. The molecule has 1 aliphatic heterocycles. The average molecular weight is 128 g/mol. The number of aliphatic hydroxyl groups is 1. The van der Waals surface area contributed by atoms with Crippen molar-refractivity contribution < 1.29 is 14.6 Å². The molecule has 0 amide bonds. The van der Waals surface area contributed by atoms with Crippen molar-refractivity contribution in [2.45, 2.75) is 12.5 Å². The average Bonchev–Trinajstić information content (AvgIpc) is 1.88. The van der Waals surface area contributed by atoms with Crippen molar-refractivity contribution in [1.82, 2.24) is 0 Å². The topological polar surface area (TPSA) is 46.5 Å². The van der Waals surface area contributed by atoms with Crippen molar-refractivity contribution in [2.24, 2.45) is 0 Å². The molecule has 1 rings (SSSR count). The van der Waals surface area contributed by atoms with E-state index < -0.39 is 0 Å². The van der Waals surface area contributed by atoms with Gasteiger partial charge in [0.1, 0.15) is 6.10 Å². The van der Waals surface area contributed by atoms with E-state index in [2.05, 4.69) is 0 Å². The summed E-state index contributed by atoms with van der Waals surface area (Å²) in [6, 6.07) is 0. The van der Waals surface area contributed by atoms with Crippen LogP contribution in [0.1, 0.15) is 6.42 Å². The number of allylic oxidation sites excluding steroid dienone is 1. The predicted molar refractivity (Wildman–Crippen MR) is 30.7 cm³/mol. The van der Waals surface area contributed by atoms with E-state index in [4.69, 9.17) is 9.84 Å². The molecule has 0 aliphatic carbocycles. The number of carbonyl (C=O) groups is 1. The number of ether oxygens (including phenoxy) is 1. The summed E-state index contributed by atoms with van der Waals surface area (Å²) in [5.41, 5.74) is 0. The van der Waals surface area contributed by atoms with Crippen molar-refractivity contribution in [3.63, 3.8) is 0 Å². The molecule has 50 valence electrons. The Hall–Kier alpha value is -0.830. The van der Waals surface area contributed by atoms with Crippen LogP contribution in [0.5, 0.6) is 0 Å². The first kappa shape index (κ1) is 6.29. The van der Waals surface area contributed by atoms with Crippen molar-refractivity contribution in [3.8, 4) is 0 Å². The summed E-state index contributed by atoms with van der Waals surface area (Å²) in [4.78, 5) is 10.6. The molecular weight excluding hydrogens is 120 g/mol. The van der Waals surface area contributed by atoms with Gasteiger partial charge in [-0.15, -0.1) is 0 Å². The molecule has 3 nitrogen and oxygen atoms in total. The first-order chi connectivity index (χ1) is 4.33. The second kappa shape index (κ2) is 2.64. The predicted octanol–water partition coefficient (Wildman–Crippen LogP) is -0.150. The van der Waals surface area contributed by atoms with Gasteiger partial charge in [0.2, 0.25) is 0 Å². The summed E-state index contributed by atoms with van der Waals surface area (Å²) in [7, 11) is 0. The van der Waals surface area contributed by atoms with E-state index in [-0.39, 0.29) is 18.5 Å². The fourth-order valence-corrected chi connectivity index (χ4v) is 0.674. The van der Waals surface area contributed by atoms with Crippen LogP contribution in [-0.2, 0) is 9.53 Å². The minimum absolute atomic E-state index is 0.0142. The van der Waals surface area contributed by atoms with Crippen LogP contribution in [-0.4, -0.2) is 23.6 Å². The van der Waals surface area contributed by atoms with Gasteiger partial charge in [0, 0.05) is 12.5 Å². The SMILES string of the molecule is O=C1C=COC(CO)C1. The van der Waals surface area contributed by atoms with E-state index in [0.717, 1.165) is 0 Å². The summed E-state index contributed by atoms with van der Waals surface area (Å²) in [5.74, 6) is 0.0142. The van der Waals surface area contributed by atoms with Crippen molar-refractivity contribution in [3.05, 3.63) is 12.3 Å². The number of ketones is 1. The van der Waals surface area contributed by atoms with Crippen LogP contribution < -0.4 is 0 Å². The number of hydrogen-bond donors (Lipinski definition) is 1. The molecule has 1 aliphatic rings. The maximum atomic E-state index is 10.6. The van der Waals surface area contributed by atoms with E-state index in [1.54, 1.807) is 0 Å². The summed E-state index contributed by atoms with van der Waals surface area (Å²) >= 11 is 0. The first-order valence-electron chi connectivity index (χ1n) is 2.78. The Kier molecular flexibility index (Phi) is 1.85. The number of rotatable bonds is 1. The van der Waals surface area contributed by atoms with E-state index >= 15 is 0 Å². The Morgan fingerprint density at radius 1 is 1.89 bits per heavy atom. The molecule has 1 unspecified atom stereocenters. The molecule has 9 heavy (non-hydrogen) atoms. The molecule has 0 fully saturated rings. The molecule has 0 aromatic heterocycles. The van der Waals surface area contributed by atoms with Gasteiger partial charge in [0.25, 0.3) is 0 Å². The van der Waals surface area contributed by atoms with Crippen molar-refractivity contribution >= 4 is 5.78 Å². The van der Waals surface area contributed by atoms with Crippen LogP contribution in [0, 0.1) is 0 Å². The Morgan fingerprint density at radius 3 is 3.11 bits per heavy atom. The van der Waals surface area contributed by atoms with Crippen LogP contribution in [0.4, 0.5) is 0 Å². The van der Waals surface area contributed by atoms with Gasteiger partial charge in [0.05, 0.1) is 12.9 Å². The lowest BCUT2D eigenvalue weighted by Crippen LogP contribution is -2.21. The smallest absolute Gasteiger partial charge is 0.162 e. The van der Waals surface area contributed by atoms with E-state index in [1.807, 2.05) is 0 Å². The standard InChI is InChI=1S/C6H8O3/c7-4-6-3-5(8)1-2-9-6/h1-2,6-7H,3-4H2. The lowest BCUT2D eigenvalue weighted by Gasteiger charge is -2.14. The zero-order chi connectivity index (χ0) is 6.69. The normalized spacial score (nSPS) is 25.9. The first-order valence-corrected chi connectivity index (χ1v) is 2.78. The fraction of sp³-hybridized carbons (Fsp3) is 0.500. The molecule has 0 aromatic carbocycles. The van der Waals surface area contributed by atoms with E-state index in [0.29, 0.717) is 6.42 Å². The maximum Gasteiger partial charge on any atom is 0.162 e. The van der Waals surface area contributed by atoms with Crippen LogP contribution in [0.15, 0.2) is 12.3 Å². The zero-order valence-corrected chi connectivity index (χ0v) is 4.91. The van der Waals surface area contributed by atoms with Crippen LogP contribution >= 0.6 is 0 Å². The molecule has 1 atom stereocenters. The molecule has 0 aromatic rings. The number of aliphatic hydroxyl groups excluding tert-OH is 1. The Balaban J connectivity index is 2.47. The summed E-state index contributed by atoms with van der Waals surface area (Å²) < 4.78 is 4.85. The molecule has 3 heteroatoms. The highest BCUT2D eigenvalue weighted by Crippen LogP contribution is 2.05. The van der Waals surface area contributed by atoms with Gasteiger partial charge < -0.3 is 9.84 Å². The molecule has 0 saturated carbocycles. The molecule has 0 radical (unpaired) electrons. The number of carbonyl (C=O) groups excluding carboxylic acids is 1. The minimum Gasteiger partial charge on any atom is -0.495 e. The zero-order valence-electron chi connectivity index (χ0n) is 4.91. The highest BCUT2D eigenvalue weighted by molar-refractivity contribution is 5.90. The van der Waals surface area contributed by atoms with Gasteiger partial charge in [-0.25, -0.2) is 0 Å². The largest absolute Gasteiger partial charge is 0.495 e. The molecule has 0 spiro atoms. The third-order valence-electron chi connectivity index (χ3n) is 1.16. The van der Waals surface area contributed by atoms with Gasteiger partial charge in [-0.1, -0.05) is 0 Å². The van der Waals surface area contributed by atoms with E-state index in [1.165, 1.54) is 12.3 Å². The van der Waals surface area contributed by atoms with E-state index in [9.17, 15) is 4.79 Å². The third kappa shape index (κ3) is 1.54. The van der Waals surface area contributed by atoms with Gasteiger partial charge in [-0.3, -0.25) is 4.79 Å². The second-order valence-corrected chi connectivity index (χ2v) is 1.91. The van der Waals surface area contributed by atoms with Crippen LogP contribution in [0.25, 0.3) is 0 Å². The molecule has 1 heterocycles.